The summed E-state index contributed by atoms with van der Waals surface area (Å²) in [7, 11) is 2.98. The molecule has 1 heterocycles. The van der Waals surface area contributed by atoms with Gasteiger partial charge in [-0.2, -0.15) is 5.10 Å². The van der Waals surface area contributed by atoms with Gasteiger partial charge >= 0.3 is 0 Å². The minimum absolute atomic E-state index is 0.331. The van der Waals surface area contributed by atoms with E-state index in [0.717, 1.165) is 11.3 Å². The number of nitrogens with one attached hydrogen (secondary N) is 1. The van der Waals surface area contributed by atoms with Crippen LogP contribution in [0.4, 0.5) is 0 Å². The van der Waals surface area contributed by atoms with Gasteiger partial charge in [-0.1, -0.05) is 18.2 Å². The standard InChI is InChI=1S/C15H17N3O4/c1-16-15(21)13-14(20)11(19)9-18(17-13)8-7-10-5-3-4-6-12(10)22-2/h3-6,9,19H,7-8H2,1-2H3,(H,16,21). The maximum atomic E-state index is 11.7. The molecule has 0 radical (unpaired) electrons. The van der Waals surface area contributed by atoms with Crippen molar-refractivity contribution in [3.63, 3.8) is 0 Å². The smallest absolute Gasteiger partial charge is 0.275 e. The summed E-state index contributed by atoms with van der Waals surface area (Å²) in [4.78, 5) is 23.3. The molecule has 0 spiro atoms. The second-order valence-electron chi connectivity index (χ2n) is 4.60. The average Bonchev–Trinajstić information content (AvgIpc) is 2.55. The van der Waals surface area contributed by atoms with Crippen LogP contribution >= 0.6 is 0 Å². The highest BCUT2D eigenvalue weighted by molar-refractivity contribution is 5.92. The lowest BCUT2D eigenvalue weighted by atomic mass is 10.1. The van der Waals surface area contributed by atoms with Gasteiger partial charge in [0.1, 0.15) is 5.75 Å². The number of ether oxygens (including phenoxy) is 1. The SMILES string of the molecule is CNC(=O)c1nn(CCc2ccccc2OC)cc(O)c1=O. The molecule has 7 nitrogen and oxygen atoms in total. The van der Waals surface area contributed by atoms with Crippen molar-refractivity contribution in [1.82, 2.24) is 15.1 Å². The maximum absolute atomic E-state index is 11.7. The number of hydrogen-bond donors (Lipinski definition) is 2. The Morgan fingerprint density at radius 3 is 2.82 bits per heavy atom. The number of rotatable bonds is 5. The van der Waals surface area contributed by atoms with E-state index in [-0.39, 0.29) is 5.69 Å². The molecule has 1 aromatic carbocycles. The molecular formula is C15H17N3O4. The highest BCUT2D eigenvalue weighted by Gasteiger charge is 2.15. The Morgan fingerprint density at radius 1 is 1.41 bits per heavy atom. The van der Waals surface area contributed by atoms with Gasteiger partial charge in [0.05, 0.1) is 13.3 Å². The van der Waals surface area contributed by atoms with E-state index in [1.54, 1.807) is 7.11 Å². The summed E-state index contributed by atoms with van der Waals surface area (Å²) in [5.74, 6) is -0.389. The first-order valence-corrected chi connectivity index (χ1v) is 6.71. The largest absolute Gasteiger partial charge is 0.503 e. The zero-order chi connectivity index (χ0) is 16.1. The first-order valence-electron chi connectivity index (χ1n) is 6.71. The predicted octanol–water partition coefficient (Wildman–Crippen LogP) is 0.560. The fourth-order valence-electron chi connectivity index (χ4n) is 2.05. The van der Waals surface area contributed by atoms with E-state index in [9.17, 15) is 14.7 Å². The highest BCUT2D eigenvalue weighted by Crippen LogP contribution is 2.18. The molecule has 0 aliphatic carbocycles. The number of carbonyl (C=O) groups excluding carboxylic acids is 1. The molecule has 0 unspecified atom stereocenters. The van der Waals surface area contributed by atoms with E-state index in [1.807, 2.05) is 24.3 Å². The Labute approximate surface area is 127 Å². The van der Waals surface area contributed by atoms with Gasteiger partial charge in [0.25, 0.3) is 11.3 Å². The quantitative estimate of drug-likeness (QED) is 0.842. The summed E-state index contributed by atoms with van der Waals surface area (Å²) in [6, 6.07) is 7.53. The first kappa shape index (κ1) is 15.6. The van der Waals surface area contributed by atoms with Crippen molar-refractivity contribution in [3.05, 3.63) is 51.9 Å². The lowest BCUT2D eigenvalue weighted by Crippen LogP contribution is -2.29. The summed E-state index contributed by atoms with van der Waals surface area (Å²) in [5.41, 5.74) is -0.151. The third-order valence-corrected chi connectivity index (χ3v) is 3.19. The number of aromatic hydroxyl groups is 1. The summed E-state index contributed by atoms with van der Waals surface area (Å²) >= 11 is 0. The van der Waals surface area contributed by atoms with E-state index in [1.165, 1.54) is 17.9 Å². The summed E-state index contributed by atoms with van der Waals surface area (Å²) in [5, 5.41) is 15.9. The van der Waals surface area contributed by atoms with Gasteiger partial charge in [-0.15, -0.1) is 0 Å². The maximum Gasteiger partial charge on any atom is 0.275 e. The van der Waals surface area contributed by atoms with E-state index < -0.39 is 17.1 Å². The second-order valence-corrected chi connectivity index (χ2v) is 4.60. The Bertz CT molecular complexity index is 740. The van der Waals surface area contributed by atoms with E-state index >= 15 is 0 Å². The molecule has 2 rings (SSSR count). The normalized spacial score (nSPS) is 10.3. The van der Waals surface area contributed by atoms with E-state index in [4.69, 9.17) is 4.74 Å². The zero-order valence-corrected chi connectivity index (χ0v) is 12.4. The monoisotopic (exact) mass is 303 g/mol. The number of carbonyl (C=O) groups is 1. The molecule has 0 aliphatic heterocycles. The van der Waals surface area contributed by atoms with Crippen LogP contribution in [-0.4, -0.2) is 35.0 Å². The number of methoxy groups -OCH3 is 1. The fraction of sp³-hybridized carbons (Fsp3) is 0.267. The molecule has 7 heteroatoms. The van der Waals surface area contributed by atoms with E-state index in [2.05, 4.69) is 10.4 Å². The lowest BCUT2D eigenvalue weighted by Gasteiger charge is -2.10. The van der Waals surface area contributed by atoms with Crippen molar-refractivity contribution in [2.24, 2.45) is 0 Å². The number of benzene rings is 1. The van der Waals surface area contributed by atoms with Crippen LogP contribution in [0.25, 0.3) is 0 Å². The number of aryl methyl sites for hydroxylation is 2. The third kappa shape index (κ3) is 3.25. The number of aromatic nitrogens is 2. The summed E-state index contributed by atoms with van der Waals surface area (Å²) < 4.78 is 6.63. The van der Waals surface area contributed by atoms with Crippen LogP contribution in [0.2, 0.25) is 0 Å². The molecule has 1 aromatic heterocycles. The number of amides is 1. The van der Waals surface area contributed by atoms with Crippen molar-refractivity contribution >= 4 is 5.91 Å². The number of hydrogen-bond acceptors (Lipinski definition) is 5. The molecule has 1 amide bonds. The van der Waals surface area contributed by atoms with Crippen LogP contribution in [0.3, 0.4) is 0 Å². The van der Waals surface area contributed by atoms with Crippen LogP contribution in [0.5, 0.6) is 11.5 Å². The minimum Gasteiger partial charge on any atom is -0.503 e. The van der Waals surface area contributed by atoms with Crippen LogP contribution in [0.15, 0.2) is 35.3 Å². The minimum atomic E-state index is -0.784. The van der Waals surface area contributed by atoms with Crippen molar-refractivity contribution in [2.75, 3.05) is 14.2 Å². The van der Waals surface area contributed by atoms with Gasteiger partial charge in [0, 0.05) is 13.6 Å². The van der Waals surface area contributed by atoms with Crippen LogP contribution in [0.1, 0.15) is 16.1 Å². The Hall–Kier alpha value is -2.83. The average molecular weight is 303 g/mol. The highest BCUT2D eigenvalue weighted by atomic mass is 16.5. The van der Waals surface area contributed by atoms with Crippen LogP contribution in [0, 0.1) is 0 Å². The Balaban J connectivity index is 2.25. The van der Waals surface area contributed by atoms with Crippen molar-refractivity contribution in [3.8, 4) is 11.5 Å². The molecule has 2 aromatic rings. The van der Waals surface area contributed by atoms with Crippen molar-refractivity contribution in [1.29, 1.82) is 0 Å². The molecule has 0 saturated carbocycles. The first-order chi connectivity index (χ1) is 10.6. The van der Waals surface area contributed by atoms with Gasteiger partial charge in [-0.3, -0.25) is 14.3 Å². The molecule has 0 aliphatic rings. The summed E-state index contributed by atoms with van der Waals surface area (Å²) in [6.45, 7) is 0.387. The topological polar surface area (TPSA) is 93.5 Å². The van der Waals surface area contributed by atoms with Gasteiger partial charge < -0.3 is 15.2 Å². The molecule has 0 fully saturated rings. The molecule has 0 bridgehead atoms. The number of para-hydroxylation sites is 1. The fourth-order valence-corrected chi connectivity index (χ4v) is 2.05. The number of nitrogens with zero attached hydrogens (tertiary/aromatic N) is 2. The van der Waals surface area contributed by atoms with Gasteiger partial charge in [-0.05, 0) is 18.1 Å². The van der Waals surface area contributed by atoms with E-state index in [0.29, 0.717) is 13.0 Å². The molecule has 2 N–H and O–H groups in total. The van der Waals surface area contributed by atoms with Crippen LogP contribution in [-0.2, 0) is 13.0 Å². The van der Waals surface area contributed by atoms with Crippen molar-refractivity contribution < 1.29 is 14.6 Å². The third-order valence-electron chi connectivity index (χ3n) is 3.19. The Morgan fingerprint density at radius 2 is 2.14 bits per heavy atom. The second kappa shape index (κ2) is 6.75. The molecule has 0 saturated heterocycles. The molecule has 0 atom stereocenters. The summed E-state index contributed by atoms with van der Waals surface area (Å²) in [6.07, 6.45) is 1.79. The lowest BCUT2D eigenvalue weighted by molar-refractivity contribution is 0.0953. The molecular weight excluding hydrogens is 286 g/mol. The Kier molecular flexibility index (Phi) is 4.77. The predicted molar refractivity (Wildman–Crippen MR) is 80.3 cm³/mol. The molecule has 116 valence electrons. The van der Waals surface area contributed by atoms with Crippen LogP contribution < -0.4 is 15.5 Å². The van der Waals surface area contributed by atoms with Gasteiger partial charge in [-0.25, -0.2) is 0 Å². The molecule has 22 heavy (non-hydrogen) atoms. The van der Waals surface area contributed by atoms with Crippen molar-refractivity contribution in [2.45, 2.75) is 13.0 Å². The van der Waals surface area contributed by atoms with Gasteiger partial charge in [0.15, 0.2) is 11.4 Å². The zero-order valence-electron chi connectivity index (χ0n) is 12.4. The van der Waals surface area contributed by atoms with Gasteiger partial charge in [0.2, 0.25) is 0 Å².